The van der Waals surface area contributed by atoms with Gasteiger partial charge in [-0.15, -0.1) is 11.8 Å². The maximum Gasteiger partial charge on any atom is 0.139 e. The number of halogens is 1. The summed E-state index contributed by atoms with van der Waals surface area (Å²) < 4.78 is 26.4. The van der Waals surface area contributed by atoms with Crippen molar-refractivity contribution in [3.8, 4) is 0 Å². The molecule has 0 bridgehead atoms. The Hall–Kier alpha value is -1.36. The van der Waals surface area contributed by atoms with E-state index in [0.29, 0.717) is 19.8 Å². The predicted molar refractivity (Wildman–Crippen MR) is 106 cm³/mol. The Morgan fingerprint density at radius 1 is 0.885 bits per heavy atom. The van der Waals surface area contributed by atoms with Crippen LogP contribution in [0.5, 0.6) is 0 Å². The lowest BCUT2D eigenvalue weighted by Gasteiger charge is -2.21. The van der Waals surface area contributed by atoms with Gasteiger partial charge in [-0.05, 0) is 25.0 Å². The summed E-state index contributed by atoms with van der Waals surface area (Å²) >= 11 is 1.63. The monoisotopic (exact) mass is 374 g/mol. The van der Waals surface area contributed by atoms with Crippen LogP contribution in [0.15, 0.2) is 48.5 Å². The van der Waals surface area contributed by atoms with Crippen molar-refractivity contribution in [3.63, 3.8) is 0 Å². The van der Waals surface area contributed by atoms with Gasteiger partial charge in [0.15, 0.2) is 0 Å². The minimum absolute atomic E-state index is 0.0240. The van der Waals surface area contributed by atoms with Gasteiger partial charge in [-0.1, -0.05) is 66.6 Å². The fourth-order valence-corrected chi connectivity index (χ4v) is 4.50. The second-order valence-corrected chi connectivity index (χ2v) is 8.71. The second-order valence-electron chi connectivity index (χ2n) is 7.09. The van der Waals surface area contributed by atoms with E-state index in [2.05, 4.69) is 50.2 Å². The summed E-state index contributed by atoms with van der Waals surface area (Å²) in [4.78, 5) is 0. The molecule has 2 aromatic carbocycles. The molecule has 0 saturated carbocycles. The number of rotatable bonds is 7. The summed E-state index contributed by atoms with van der Waals surface area (Å²) in [6.07, 6.45) is -1.38. The average molecular weight is 375 g/mol. The lowest BCUT2D eigenvalue weighted by atomic mass is 10.1. The molecule has 1 heterocycles. The van der Waals surface area contributed by atoms with Crippen molar-refractivity contribution in [2.24, 2.45) is 0 Å². The summed E-state index contributed by atoms with van der Waals surface area (Å²) in [5, 5.41) is -0.0399. The fraction of sp³-hybridized carbons (Fsp3) is 0.455. The molecule has 0 spiro atoms. The van der Waals surface area contributed by atoms with Crippen LogP contribution in [-0.2, 0) is 22.7 Å². The van der Waals surface area contributed by atoms with E-state index in [1.54, 1.807) is 11.8 Å². The topological polar surface area (TPSA) is 18.5 Å². The van der Waals surface area contributed by atoms with Crippen molar-refractivity contribution in [1.82, 2.24) is 0 Å². The molecule has 140 valence electrons. The first-order chi connectivity index (χ1) is 12.5. The first kappa shape index (κ1) is 19.4. The van der Waals surface area contributed by atoms with Crippen LogP contribution in [0.2, 0.25) is 0 Å². The molecule has 0 N–H and O–H groups in total. The standard InChI is InChI=1S/C22H27FO2S/c1-15-4-8-18(9-5-15)12-24-14-20-22(21(23)17(3)26-20)25-13-19-10-6-16(2)7-11-19/h4-11,17,20-22H,12-14H2,1-3H3/t17?,20-,21-,22-/m1/s1. The van der Waals surface area contributed by atoms with Crippen LogP contribution in [0.1, 0.15) is 29.2 Å². The van der Waals surface area contributed by atoms with Crippen LogP contribution in [0.25, 0.3) is 0 Å². The van der Waals surface area contributed by atoms with Crippen LogP contribution >= 0.6 is 11.8 Å². The third-order valence-corrected chi connectivity index (χ3v) is 6.20. The van der Waals surface area contributed by atoms with E-state index >= 15 is 0 Å². The molecule has 1 aliphatic heterocycles. The Morgan fingerprint density at radius 3 is 2.00 bits per heavy atom. The molecule has 4 heteroatoms. The van der Waals surface area contributed by atoms with Gasteiger partial charge in [0.2, 0.25) is 0 Å². The van der Waals surface area contributed by atoms with Crippen molar-refractivity contribution in [2.75, 3.05) is 6.61 Å². The van der Waals surface area contributed by atoms with Crippen LogP contribution < -0.4 is 0 Å². The maximum absolute atomic E-state index is 14.6. The van der Waals surface area contributed by atoms with E-state index in [9.17, 15) is 4.39 Å². The Bertz CT molecular complexity index is 686. The summed E-state index contributed by atoms with van der Waals surface area (Å²) in [6, 6.07) is 16.5. The molecule has 0 aromatic heterocycles. The molecule has 2 nitrogen and oxygen atoms in total. The smallest absolute Gasteiger partial charge is 0.139 e. The first-order valence-corrected chi connectivity index (χ1v) is 10.1. The minimum Gasteiger partial charge on any atom is -0.376 e. The SMILES string of the molecule is Cc1ccc(COC[C@H]2SC(C)[C@@H](F)[C@@H]2OCc2ccc(C)cc2)cc1. The van der Waals surface area contributed by atoms with Crippen molar-refractivity contribution in [3.05, 3.63) is 70.8 Å². The third kappa shape index (κ3) is 5.09. The molecule has 1 saturated heterocycles. The van der Waals surface area contributed by atoms with Gasteiger partial charge in [0.25, 0.3) is 0 Å². The molecule has 1 unspecified atom stereocenters. The highest BCUT2D eigenvalue weighted by Gasteiger charge is 2.43. The Kier molecular flexibility index (Phi) is 6.74. The fourth-order valence-electron chi connectivity index (χ4n) is 3.09. The number of hydrogen-bond acceptors (Lipinski definition) is 3. The zero-order valence-corrected chi connectivity index (χ0v) is 16.5. The highest BCUT2D eigenvalue weighted by molar-refractivity contribution is 8.00. The normalized spacial score (nSPS) is 25.5. The predicted octanol–water partition coefficient (Wildman–Crippen LogP) is 5.25. The molecule has 0 aliphatic carbocycles. The van der Waals surface area contributed by atoms with Crippen molar-refractivity contribution >= 4 is 11.8 Å². The van der Waals surface area contributed by atoms with Gasteiger partial charge in [-0.3, -0.25) is 0 Å². The summed E-state index contributed by atoms with van der Waals surface area (Å²) in [7, 11) is 0. The molecule has 0 amide bonds. The molecule has 0 radical (unpaired) electrons. The number of thioether (sulfide) groups is 1. The number of benzene rings is 2. The van der Waals surface area contributed by atoms with Gasteiger partial charge in [-0.25, -0.2) is 4.39 Å². The summed E-state index contributed by atoms with van der Waals surface area (Å²) in [6.45, 7) is 7.54. The van der Waals surface area contributed by atoms with Gasteiger partial charge < -0.3 is 9.47 Å². The van der Waals surface area contributed by atoms with Crippen molar-refractivity contribution < 1.29 is 13.9 Å². The van der Waals surface area contributed by atoms with E-state index in [-0.39, 0.29) is 10.5 Å². The largest absolute Gasteiger partial charge is 0.376 e. The highest BCUT2D eigenvalue weighted by atomic mass is 32.2. The van der Waals surface area contributed by atoms with Crippen LogP contribution in [0.3, 0.4) is 0 Å². The van der Waals surface area contributed by atoms with Crippen molar-refractivity contribution in [1.29, 1.82) is 0 Å². The van der Waals surface area contributed by atoms with Gasteiger partial charge in [-0.2, -0.15) is 0 Å². The number of ether oxygens (including phenoxy) is 2. The molecule has 3 rings (SSSR count). The number of alkyl halides is 1. The van der Waals surface area contributed by atoms with E-state index in [4.69, 9.17) is 9.47 Å². The second kappa shape index (κ2) is 9.03. The van der Waals surface area contributed by atoms with Crippen LogP contribution in [0, 0.1) is 13.8 Å². The Labute approximate surface area is 160 Å². The highest BCUT2D eigenvalue weighted by Crippen LogP contribution is 2.38. The molecule has 1 fully saturated rings. The van der Waals surface area contributed by atoms with E-state index < -0.39 is 12.3 Å². The average Bonchev–Trinajstić information content (AvgIpc) is 2.90. The third-order valence-electron chi connectivity index (χ3n) is 4.75. The van der Waals surface area contributed by atoms with Gasteiger partial charge >= 0.3 is 0 Å². The molecule has 1 aliphatic rings. The van der Waals surface area contributed by atoms with Gasteiger partial charge in [0.05, 0.1) is 25.1 Å². The van der Waals surface area contributed by atoms with Gasteiger partial charge in [0, 0.05) is 5.25 Å². The molecular weight excluding hydrogens is 347 g/mol. The molecule has 4 atom stereocenters. The van der Waals surface area contributed by atoms with E-state index in [1.165, 1.54) is 11.1 Å². The first-order valence-electron chi connectivity index (χ1n) is 9.13. The summed E-state index contributed by atoms with van der Waals surface area (Å²) in [5.41, 5.74) is 4.66. The zero-order valence-electron chi connectivity index (χ0n) is 15.7. The van der Waals surface area contributed by atoms with E-state index in [0.717, 1.165) is 11.1 Å². The van der Waals surface area contributed by atoms with Crippen LogP contribution in [-0.4, -0.2) is 29.4 Å². The summed E-state index contributed by atoms with van der Waals surface area (Å²) in [5.74, 6) is 0. The van der Waals surface area contributed by atoms with E-state index in [1.807, 2.05) is 19.1 Å². The Morgan fingerprint density at radius 2 is 1.42 bits per heavy atom. The lowest BCUT2D eigenvalue weighted by Crippen LogP contribution is -2.33. The number of hydrogen-bond donors (Lipinski definition) is 0. The minimum atomic E-state index is -0.960. The van der Waals surface area contributed by atoms with Gasteiger partial charge in [0.1, 0.15) is 12.3 Å². The van der Waals surface area contributed by atoms with Crippen LogP contribution in [0.4, 0.5) is 4.39 Å². The Balaban J connectivity index is 1.52. The molecule has 26 heavy (non-hydrogen) atoms. The maximum atomic E-state index is 14.6. The quantitative estimate of drug-likeness (QED) is 0.660. The zero-order chi connectivity index (χ0) is 18.5. The molecule has 2 aromatic rings. The lowest BCUT2D eigenvalue weighted by molar-refractivity contribution is -0.0211. The van der Waals surface area contributed by atoms with Crippen molar-refractivity contribution in [2.45, 2.75) is 56.8 Å². The molecular formula is C22H27FO2S. The number of aryl methyl sites for hydroxylation is 2.